The second-order valence-electron chi connectivity index (χ2n) is 5.72. The standard InChI is InChI=1S/C18H18N4O2/c19-12-15-5-3-7-17(20-15)22-10-8-21(9-11-22)13-14-4-1-2-6-16(14)18(23)24/h1-7H,8-11,13H2,(H,23,24). The summed E-state index contributed by atoms with van der Waals surface area (Å²) in [5.74, 6) is -0.0682. The van der Waals surface area contributed by atoms with Crippen LogP contribution in [0.5, 0.6) is 0 Å². The zero-order valence-corrected chi connectivity index (χ0v) is 13.2. The van der Waals surface area contributed by atoms with E-state index in [9.17, 15) is 9.90 Å². The summed E-state index contributed by atoms with van der Waals surface area (Å²) in [5.41, 5.74) is 1.62. The van der Waals surface area contributed by atoms with Gasteiger partial charge in [0.25, 0.3) is 0 Å². The summed E-state index contributed by atoms with van der Waals surface area (Å²) in [4.78, 5) is 20.0. The van der Waals surface area contributed by atoms with E-state index < -0.39 is 5.97 Å². The molecule has 0 spiro atoms. The summed E-state index contributed by atoms with van der Waals surface area (Å²) in [6.45, 7) is 3.88. The second kappa shape index (κ2) is 7.11. The molecule has 1 aliphatic heterocycles. The Bertz CT molecular complexity index is 777. The van der Waals surface area contributed by atoms with Crippen LogP contribution < -0.4 is 4.90 Å². The maximum atomic E-state index is 11.3. The number of carboxylic acids is 1. The van der Waals surface area contributed by atoms with Crippen LogP contribution in [-0.2, 0) is 6.54 Å². The van der Waals surface area contributed by atoms with Crippen molar-refractivity contribution in [2.24, 2.45) is 0 Å². The quantitative estimate of drug-likeness (QED) is 0.927. The highest BCUT2D eigenvalue weighted by atomic mass is 16.4. The van der Waals surface area contributed by atoms with E-state index >= 15 is 0 Å². The summed E-state index contributed by atoms with van der Waals surface area (Å²) >= 11 is 0. The van der Waals surface area contributed by atoms with Crippen LogP contribution >= 0.6 is 0 Å². The SMILES string of the molecule is N#Cc1cccc(N2CCN(Cc3ccccc3C(=O)O)CC2)n1. The topological polar surface area (TPSA) is 80.5 Å². The minimum absolute atomic E-state index is 0.364. The lowest BCUT2D eigenvalue weighted by molar-refractivity contribution is 0.0694. The van der Waals surface area contributed by atoms with Crippen molar-refractivity contribution in [3.63, 3.8) is 0 Å². The number of hydrogen-bond acceptors (Lipinski definition) is 5. The molecule has 1 saturated heterocycles. The fraction of sp³-hybridized carbons (Fsp3) is 0.278. The van der Waals surface area contributed by atoms with Crippen LogP contribution in [0.15, 0.2) is 42.5 Å². The highest BCUT2D eigenvalue weighted by Crippen LogP contribution is 2.17. The van der Waals surface area contributed by atoms with Gasteiger partial charge in [-0.15, -0.1) is 0 Å². The first-order chi connectivity index (χ1) is 11.7. The van der Waals surface area contributed by atoms with E-state index in [0.717, 1.165) is 37.6 Å². The first-order valence-corrected chi connectivity index (χ1v) is 7.83. The predicted molar refractivity (Wildman–Crippen MR) is 89.8 cm³/mol. The zero-order chi connectivity index (χ0) is 16.9. The van der Waals surface area contributed by atoms with Crippen molar-refractivity contribution in [3.05, 3.63) is 59.3 Å². The Morgan fingerprint density at radius 1 is 1.12 bits per heavy atom. The molecule has 2 heterocycles. The van der Waals surface area contributed by atoms with E-state index in [-0.39, 0.29) is 0 Å². The lowest BCUT2D eigenvalue weighted by Crippen LogP contribution is -2.46. The molecule has 3 rings (SSSR count). The van der Waals surface area contributed by atoms with E-state index in [1.165, 1.54) is 0 Å². The smallest absolute Gasteiger partial charge is 0.336 e. The molecule has 0 saturated carbocycles. The van der Waals surface area contributed by atoms with E-state index in [0.29, 0.717) is 17.8 Å². The van der Waals surface area contributed by atoms with Crippen LogP contribution in [0.3, 0.4) is 0 Å². The number of carboxylic acid groups (broad SMARTS) is 1. The molecule has 1 aromatic heterocycles. The van der Waals surface area contributed by atoms with Gasteiger partial charge in [0.1, 0.15) is 17.6 Å². The fourth-order valence-electron chi connectivity index (χ4n) is 2.90. The van der Waals surface area contributed by atoms with Crippen molar-refractivity contribution >= 4 is 11.8 Å². The molecule has 6 heteroatoms. The Hall–Kier alpha value is -2.91. The maximum absolute atomic E-state index is 11.3. The van der Waals surface area contributed by atoms with Crippen molar-refractivity contribution in [3.8, 4) is 6.07 Å². The van der Waals surface area contributed by atoms with Crippen LogP contribution in [-0.4, -0.2) is 47.1 Å². The number of aromatic carboxylic acids is 1. The minimum Gasteiger partial charge on any atom is -0.478 e. The van der Waals surface area contributed by atoms with Gasteiger partial charge in [-0.2, -0.15) is 5.26 Å². The molecule has 0 aliphatic carbocycles. The molecule has 0 atom stereocenters. The molecule has 0 amide bonds. The van der Waals surface area contributed by atoms with Crippen LogP contribution in [0.2, 0.25) is 0 Å². The number of pyridine rings is 1. The van der Waals surface area contributed by atoms with Gasteiger partial charge in [-0.05, 0) is 23.8 Å². The monoisotopic (exact) mass is 322 g/mol. The van der Waals surface area contributed by atoms with Gasteiger partial charge in [-0.1, -0.05) is 24.3 Å². The number of rotatable bonds is 4. The maximum Gasteiger partial charge on any atom is 0.336 e. The summed E-state index contributed by atoms with van der Waals surface area (Å²) in [6, 6.07) is 14.6. The first kappa shape index (κ1) is 16.0. The van der Waals surface area contributed by atoms with Crippen LogP contribution in [0, 0.1) is 11.3 Å². The van der Waals surface area contributed by atoms with E-state index in [1.54, 1.807) is 18.2 Å². The number of hydrogen-bond donors (Lipinski definition) is 1. The van der Waals surface area contributed by atoms with Crippen molar-refractivity contribution in [1.82, 2.24) is 9.88 Å². The number of anilines is 1. The molecule has 0 radical (unpaired) electrons. The van der Waals surface area contributed by atoms with Gasteiger partial charge in [0, 0.05) is 32.7 Å². The number of carbonyl (C=O) groups is 1. The normalized spacial score (nSPS) is 15.0. The summed E-state index contributed by atoms with van der Waals surface area (Å²) in [7, 11) is 0. The Morgan fingerprint density at radius 2 is 1.88 bits per heavy atom. The van der Waals surface area contributed by atoms with E-state index in [2.05, 4.69) is 20.9 Å². The molecule has 6 nitrogen and oxygen atoms in total. The Balaban J connectivity index is 1.63. The van der Waals surface area contributed by atoms with Crippen molar-refractivity contribution < 1.29 is 9.90 Å². The number of nitrogens with zero attached hydrogens (tertiary/aromatic N) is 4. The summed E-state index contributed by atoms with van der Waals surface area (Å²) in [6.07, 6.45) is 0. The third-order valence-electron chi connectivity index (χ3n) is 4.19. The number of aromatic nitrogens is 1. The average molecular weight is 322 g/mol. The van der Waals surface area contributed by atoms with Gasteiger partial charge < -0.3 is 10.0 Å². The third-order valence-corrected chi connectivity index (χ3v) is 4.19. The predicted octanol–water partition coefficient (Wildman–Crippen LogP) is 1.97. The molecular formula is C18H18N4O2. The lowest BCUT2D eigenvalue weighted by Gasteiger charge is -2.35. The molecule has 0 bridgehead atoms. The molecule has 1 fully saturated rings. The van der Waals surface area contributed by atoms with Gasteiger partial charge in [-0.3, -0.25) is 4.90 Å². The number of nitriles is 1. The highest BCUT2D eigenvalue weighted by molar-refractivity contribution is 5.89. The largest absolute Gasteiger partial charge is 0.478 e. The number of benzene rings is 1. The van der Waals surface area contributed by atoms with Gasteiger partial charge in [-0.25, -0.2) is 9.78 Å². The zero-order valence-electron chi connectivity index (χ0n) is 13.2. The second-order valence-corrected chi connectivity index (χ2v) is 5.72. The highest BCUT2D eigenvalue weighted by Gasteiger charge is 2.20. The van der Waals surface area contributed by atoms with Crippen molar-refractivity contribution in [2.75, 3.05) is 31.1 Å². The number of piperazine rings is 1. The third kappa shape index (κ3) is 3.53. The molecule has 1 aliphatic rings. The Labute approximate surface area is 140 Å². The fourth-order valence-corrected chi connectivity index (χ4v) is 2.90. The van der Waals surface area contributed by atoms with Gasteiger partial charge >= 0.3 is 5.97 Å². The van der Waals surface area contributed by atoms with Crippen LogP contribution in [0.1, 0.15) is 21.6 Å². The van der Waals surface area contributed by atoms with Crippen molar-refractivity contribution in [1.29, 1.82) is 5.26 Å². The minimum atomic E-state index is -0.887. The van der Waals surface area contributed by atoms with Crippen LogP contribution in [0.4, 0.5) is 5.82 Å². The molecular weight excluding hydrogens is 304 g/mol. The van der Waals surface area contributed by atoms with Crippen molar-refractivity contribution in [2.45, 2.75) is 6.54 Å². The van der Waals surface area contributed by atoms with Crippen LogP contribution in [0.25, 0.3) is 0 Å². The molecule has 122 valence electrons. The molecule has 1 aromatic carbocycles. The first-order valence-electron chi connectivity index (χ1n) is 7.83. The summed E-state index contributed by atoms with van der Waals surface area (Å²) < 4.78 is 0. The summed E-state index contributed by atoms with van der Waals surface area (Å²) in [5, 5.41) is 18.2. The molecule has 1 N–H and O–H groups in total. The molecule has 24 heavy (non-hydrogen) atoms. The van der Waals surface area contributed by atoms with Gasteiger partial charge in [0.2, 0.25) is 0 Å². The average Bonchev–Trinajstić information content (AvgIpc) is 2.62. The van der Waals surface area contributed by atoms with E-state index in [4.69, 9.17) is 5.26 Å². The molecule has 2 aromatic rings. The van der Waals surface area contributed by atoms with E-state index in [1.807, 2.05) is 24.3 Å². The molecule has 0 unspecified atom stereocenters. The van der Waals surface area contributed by atoms with Gasteiger partial charge in [0.15, 0.2) is 0 Å². The lowest BCUT2D eigenvalue weighted by atomic mass is 10.1. The Morgan fingerprint density at radius 3 is 2.58 bits per heavy atom. The van der Waals surface area contributed by atoms with Gasteiger partial charge in [0.05, 0.1) is 5.56 Å². The Kier molecular flexibility index (Phi) is 4.73.